The van der Waals surface area contributed by atoms with E-state index < -0.39 is 0 Å². The Balaban J connectivity index is 1.60. The van der Waals surface area contributed by atoms with Crippen LogP contribution >= 0.6 is 0 Å². The van der Waals surface area contributed by atoms with Crippen molar-refractivity contribution in [3.05, 3.63) is 48.2 Å². The van der Waals surface area contributed by atoms with E-state index in [4.69, 9.17) is 10.2 Å². The Bertz CT molecular complexity index is 675. The van der Waals surface area contributed by atoms with E-state index in [2.05, 4.69) is 10.4 Å². The SMILES string of the molecule is NC1=CN2CC(=O)N(CC(=O)NCc3ccco3)N=C2C=C1. The van der Waals surface area contributed by atoms with E-state index in [9.17, 15) is 9.59 Å². The zero-order valence-electron chi connectivity index (χ0n) is 11.7. The highest BCUT2D eigenvalue weighted by Gasteiger charge is 2.27. The first-order valence-corrected chi connectivity index (χ1v) is 6.72. The zero-order chi connectivity index (χ0) is 15.5. The van der Waals surface area contributed by atoms with Crippen molar-refractivity contribution in [3.63, 3.8) is 0 Å². The molecule has 2 aliphatic rings. The number of nitrogens with zero attached hydrogens (tertiary/aromatic N) is 3. The number of nitrogens with one attached hydrogen (secondary N) is 1. The van der Waals surface area contributed by atoms with Crippen LogP contribution in [0.3, 0.4) is 0 Å². The maximum atomic E-state index is 12.0. The molecule has 3 heterocycles. The van der Waals surface area contributed by atoms with E-state index in [0.29, 0.717) is 17.3 Å². The van der Waals surface area contributed by atoms with E-state index in [0.717, 1.165) is 5.01 Å². The Kier molecular flexibility index (Phi) is 3.65. The fourth-order valence-electron chi connectivity index (χ4n) is 2.09. The van der Waals surface area contributed by atoms with Gasteiger partial charge >= 0.3 is 0 Å². The molecule has 0 saturated heterocycles. The van der Waals surface area contributed by atoms with Crippen LogP contribution in [-0.2, 0) is 16.1 Å². The minimum Gasteiger partial charge on any atom is -0.467 e. The molecule has 1 aromatic heterocycles. The second-order valence-corrected chi connectivity index (χ2v) is 4.86. The normalized spacial score (nSPS) is 17.0. The highest BCUT2D eigenvalue weighted by Crippen LogP contribution is 2.12. The van der Waals surface area contributed by atoms with Crippen molar-refractivity contribution < 1.29 is 14.0 Å². The number of rotatable bonds is 4. The second-order valence-electron chi connectivity index (χ2n) is 4.86. The van der Waals surface area contributed by atoms with Gasteiger partial charge in [-0.25, -0.2) is 5.01 Å². The molecular weight excluding hydrogens is 286 g/mol. The third-order valence-electron chi connectivity index (χ3n) is 3.17. The molecular formula is C14H15N5O3. The number of hydrogen-bond acceptors (Lipinski definition) is 6. The summed E-state index contributed by atoms with van der Waals surface area (Å²) >= 11 is 0. The number of carbonyl (C=O) groups is 2. The van der Waals surface area contributed by atoms with Gasteiger partial charge in [0.05, 0.1) is 12.8 Å². The summed E-state index contributed by atoms with van der Waals surface area (Å²) in [7, 11) is 0. The second kappa shape index (κ2) is 5.76. The zero-order valence-corrected chi connectivity index (χ0v) is 11.7. The summed E-state index contributed by atoms with van der Waals surface area (Å²) in [6.07, 6.45) is 6.58. The molecule has 0 saturated carbocycles. The van der Waals surface area contributed by atoms with Gasteiger partial charge in [-0.1, -0.05) is 0 Å². The Morgan fingerprint density at radius 3 is 3.09 bits per heavy atom. The highest BCUT2D eigenvalue weighted by molar-refractivity contribution is 6.01. The van der Waals surface area contributed by atoms with Gasteiger partial charge in [-0.15, -0.1) is 0 Å². The number of carbonyl (C=O) groups excluding carboxylic acids is 2. The third kappa shape index (κ3) is 3.00. The van der Waals surface area contributed by atoms with Gasteiger partial charge in [0.2, 0.25) is 5.91 Å². The molecule has 8 heteroatoms. The lowest BCUT2D eigenvalue weighted by molar-refractivity contribution is -0.137. The summed E-state index contributed by atoms with van der Waals surface area (Å²) in [5.41, 5.74) is 6.22. The van der Waals surface area contributed by atoms with Crippen molar-refractivity contribution in [2.75, 3.05) is 13.1 Å². The summed E-state index contributed by atoms with van der Waals surface area (Å²) in [6, 6.07) is 3.50. The van der Waals surface area contributed by atoms with E-state index in [1.807, 2.05) is 0 Å². The highest BCUT2D eigenvalue weighted by atomic mass is 16.3. The Morgan fingerprint density at radius 1 is 1.45 bits per heavy atom. The lowest BCUT2D eigenvalue weighted by atomic mass is 10.2. The average molecular weight is 301 g/mol. The molecule has 2 amide bonds. The van der Waals surface area contributed by atoms with Crippen molar-refractivity contribution in [2.24, 2.45) is 10.8 Å². The van der Waals surface area contributed by atoms with Crippen LogP contribution in [0.4, 0.5) is 0 Å². The molecule has 0 fully saturated rings. The molecule has 2 aliphatic heterocycles. The van der Waals surface area contributed by atoms with Crippen LogP contribution in [0.2, 0.25) is 0 Å². The van der Waals surface area contributed by atoms with Crippen LogP contribution in [0.25, 0.3) is 0 Å². The Hall–Kier alpha value is -3.03. The lowest BCUT2D eigenvalue weighted by Crippen LogP contribution is -2.48. The van der Waals surface area contributed by atoms with Gasteiger partial charge in [0.1, 0.15) is 18.8 Å². The van der Waals surface area contributed by atoms with Crippen LogP contribution in [0.15, 0.2) is 52.0 Å². The number of allylic oxidation sites excluding steroid dienone is 1. The number of fused-ring (bicyclic) bond motifs is 1. The maximum absolute atomic E-state index is 12.0. The largest absolute Gasteiger partial charge is 0.467 e. The van der Waals surface area contributed by atoms with Gasteiger partial charge in [0, 0.05) is 11.9 Å². The number of amides is 2. The van der Waals surface area contributed by atoms with E-state index >= 15 is 0 Å². The van der Waals surface area contributed by atoms with Crippen LogP contribution in [-0.4, -0.2) is 40.6 Å². The summed E-state index contributed by atoms with van der Waals surface area (Å²) < 4.78 is 5.12. The van der Waals surface area contributed by atoms with E-state index in [-0.39, 0.29) is 31.4 Å². The van der Waals surface area contributed by atoms with Gasteiger partial charge in [0.15, 0.2) is 5.84 Å². The van der Waals surface area contributed by atoms with E-state index in [1.54, 1.807) is 35.4 Å². The Labute approximate surface area is 126 Å². The molecule has 0 unspecified atom stereocenters. The molecule has 0 spiro atoms. The van der Waals surface area contributed by atoms with E-state index in [1.165, 1.54) is 6.26 Å². The molecule has 0 radical (unpaired) electrons. The van der Waals surface area contributed by atoms with Gasteiger partial charge in [0.25, 0.3) is 5.91 Å². The average Bonchev–Trinajstić information content (AvgIpc) is 2.99. The molecule has 0 bridgehead atoms. The number of hydrazone groups is 1. The molecule has 3 N–H and O–H groups in total. The maximum Gasteiger partial charge on any atom is 0.263 e. The molecule has 3 rings (SSSR count). The first-order valence-electron chi connectivity index (χ1n) is 6.72. The summed E-state index contributed by atoms with van der Waals surface area (Å²) in [5, 5.41) is 7.99. The molecule has 0 aliphatic carbocycles. The van der Waals surface area contributed by atoms with Crippen LogP contribution in [0.5, 0.6) is 0 Å². The van der Waals surface area contributed by atoms with Crippen molar-refractivity contribution in [1.82, 2.24) is 15.2 Å². The summed E-state index contributed by atoms with van der Waals surface area (Å²) in [5.74, 6) is 0.646. The van der Waals surface area contributed by atoms with Crippen LogP contribution in [0.1, 0.15) is 5.76 Å². The lowest BCUT2D eigenvalue weighted by Gasteiger charge is -2.31. The third-order valence-corrected chi connectivity index (χ3v) is 3.17. The first-order chi connectivity index (χ1) is 10.6. The standard InChI is InChI=1S/C14H15N5O3/c15-10-3-4-12-17-19(14(21)9-18(12)7-10)8-13(20)16-6-11-2-1-5-22-11/h1-5,7H,6,8-9,15H2,(H,16,20). The fourth-order valence-corrected chi connectivity index (χ4v) is 2.09. The van der Waals surface area contributed by atoms with Gasteiger partial charge < -0.3 is 20.4 Å². The van der Waals surface area contributed by atoms with Crippen molar-refractivity contribution in [2.45, 2.75) is 6.54 Å². The molecule has 8 nitrogen and oxygen atoms in total. The smallest absolute Gasteiger partial charge is 0.263 e. The molecule has 114 valence electrons. The topological polar surface area (TPSA) is 104 Å². The van der Waals surface area contributed by atoms with Crippen molar-refractivity contribution in [1.29, 1.82) is 0 Å². The molecule has 0 atom stereocenters. The fraction of sp³-hybridized carbons (Fsp3) is 0.214. The number of hydrogen-bond donors (Lipinski definition) is 2. The van der Waals surface area contributed by atoms with Crippen molar-refractivity contribution >= 4 is 17.6 Å². The number of amidine groups is 1. The molecule has 1 aromatic rings. The predicted molar refractivity (Wildman–Crippen MR) is 77.8 cm³/mol. The van der Waals surface area contributed by atoms with Crippen LogP contribution in [0, 0.1) is 0 Å². The first kappa shape index (κ1) is 13.9. The monoisotopic (exact) mass is 301 g/mol. The number of nitrogens with two attached hydrogens (primary N) is 1. The van der Waals surface area contributed by atoms with Gasteiger partial charge in [-0.2, -0.15) is 5.10 Å². The summed E-state index contributed by atoms with van der Waals surface area (Å²) in [4.78, 5) is 25.5. The molecule has 22 heavy (non-hydrogen) atoms. The summed E-state index contributed by atoms with van der Waals surface area (Å²) in [6.45, 7) is 0.245. The van der Waals surface area contributed by atoms with Crippen molar-refractivity contribution in [3.8, 4) is 0 Å². The van der Waals surface area contributed by atoms with Crippen LogP contribution < -0.4 is 11.1 Å². The minimum absolute atomic E-state index is 0.106. The van der Waals surface area contributed by atoms with Gasteiger partial charge in [-0.05, 0) is 24.3 Å². The Morgan fingerprint density at radius 2 is 2.32 bits per heavy atom. The minimum atomic E-state index is -0.308. The van der Waals surface area contributed by atoms with Gasteiger partial charge in [-0.3, -0.25) is 9.59 Å². The number of furan rings is 1. The quantitative estimate of drug-likeness (QED) is 0.796. The predicted octanol–water partition coefficient (Wildman–Crippen LogP) is -0.277. The molecule has 0 aromatic carbocycles.